The number of hydrogen-bond donors (Lipinski definition) is 6. The molecule has 3 rings (SSSR count). The molecule has 7 N–H and O–H groups in total. The monoisotopic (exact) mass is 291 g/mol. The molecule has 7 atom stereocenters. The summed E-state index contributed by atoms with van der Waals surface area (Å²) < 4.78 is 19.4. The van der Waals surface area contributed by atoms with Crippen molar-refractivity contribution in [2.45, 2.75) is 43.1 Å². The van der Waals surface area contributed by atoms with E-state index < -0.39 is 49.7 Å². The molecule has 3 fully saturated rings. The molecule has 10 heteroatoms. The highest BCUT2D eigenvalue weighted by Gasteiger charge is 2.53. The Hall–Kier alpha value is -0.880. The number of rotatable bonds is 2. The van der Waals surface area contributed by atoms with E-state index in [-0.39, 0.29) is 12.6 Å². The van der Waals surface area contributed by atoms with Gasteiger partial charge in [-0.1, -0.05) is 0 Å². The Labute approximate surface area is 114 Å². The summed E-state index contributed by atoms with van der Waals surface area (Å²) in [5, 5.41) is 27.1. The maximum atomic E-state index is 14.1. The minimum Gasteiger partial charge on any atom is -0.394 e. The van der Waals surface area contributed by atoms with Gasteiger partial charge in [0.2, 0.25) is 5.91 Å². The zero-order valence-electron chi connectivity index (χ0n) is 10.6. The number of aliphatic hydroxyl groups excluding tert-OH is 2. The smallest absolute Gasteiger partial charge is 0.242 e. The average molecular weight is 291 g/mol. The van der Waals surface area contributed by atoms with E-state index in [2.05, 4.69) is 16.0 Å². The third kappa shape index (κ3) is 2.09. The summed E-state index contributed by atoms with van der Waals surface area (Å²) in [6.45, 7) is -0.265. The van der Waals surface area contributed by atoms with Gasteiger partial charge in [0.25, 0.3) is 0 Å². The first kappa shape index (κ1) is 14.1. The molecule has 114 valence electrons. The zero-order valence-corrected chi connectivity index (χ0v) is 10.6. The molecule has 9 nitrogen and oxygen atoms in total. The van der Waals surface area contributed by atoms with Gasteiger partial charge in [-0.25, -0.2) is 9.29 Å². The first-order valence-electron chi connectivity index (χ1n) is 6.42. The molecule has 0 aromatic heterocycles. The third-order valence-corrected chi connectivity index (χ3v) is 3.90. The number of carbonyl (C=O) groups excluding carboxylic acids is 1. The van der Waals surface area contributed by atoms with E-state index in [1.807, 2.05) is 0 Å². The van der Waals surface area contributed by atoms with Crippen molar-refractivity contribution in [3.05, 3.63) is 0 Å². The maximum absolute atomic E-state index is 14.1. The summed E-state index contributed by atoms with van der Waals surface area (Å²) in [5.74, 6) is -0.281. The van der Waals surface area contributed by atoms with Gasteiger partial charge < -0.3 is 20.3 Å². The Morgan fingerprint density at radius 2 is 2.30 bits per heavy atom. The van der Waals surface area contributed by atoms with E-state index in [0.29, 0.717) is 0 Å². The molecule has 0 bridgehead atoms. The van der Waals surface area contributed by atoms with Crippen LogP contribution >= 0.6 is 0 Å². The number of halogens is 1. The Morgan fingerprint density at radius 1 is 1.55 bits per heavy atom. The van der Waals surface area contributed by atoms with Crippen LogP contribution in [0.1, 0.15) is 0 Å². The van der Waals surface area contributed by atoms with Gasteiger partial charge in [0.15, 0.2) is 6.17 Å². The topological polar surface area (TPSA) is 132 Å². The van der Waals surface area contributed by atoms with Crippen LogP contribution in [0, 0.1) is 0 Å². The minimum atomic E-state index is -1.67. The summed E-state index contributed by atoms with van der Waals surface area (Å²) in [6.07, 6.45) is -6.35. The average Bonchev–Trinajstić information content (AvgIpc) is 2.93. The van der Waals surface area contributed by atoms with Crippen LogP contribution in [0.25, 0.3) is 0 Å². The van der Waals surface area contributed by atoms with Crippen LogP contribution in [0.5, 0.6) is 0 Å². The van der Waals surface area contributed by atoms with Crippen molar-refractivity contribution in [3.8, 4) is 0 Å². The molecule has 3 aliphatic rings. The lowest BCUT2D eigenvalue weighted by Gasteiger charge is -2.37. The molecule has 0 aliphatic carbocycles. The second-order valence-corrected chi connectivity index (χ2v) is 5.13. The molecule has 20 heavy (non-hydrogen) atoms. The number of nitrogens with zero attached hydrogens (tertiary/aromatic N) is 1. The lowest BCUT2D eigenvalue weighted by Crippen LogP contribution is -2.70. The maximum Gasteiger partial charge on any atom is 0.242 e. The largest absolute Gasteiger partial charge is 0.394 e. The third-order valence-electron chi connectivity index (χ3n) is 3.90. The highest BCUT2D eigenvalue weighted by atomic mass is 19.1. The normalized spacial score (nSPS) is 49.2. The highest BCUT2D eigenvalue weighted by molar-refractivity contribution is 5.84. The molecular weight excluding hydrogens is 273 g/mol. The lowest BCUT2D eigenvalue weighted by atomic mass is 10.1. The van der Waals surface area contributed by atoms with E-state index in [4.69, 9.17) is 15.6 Å². The van der Waals surface area contributed by atoms with Gasteiger partial charge in [-0.3, -0.25) is 21.2 Å². The van der Waals surface area contributed by atoms with Gasteiger partial charge in [0, 0.05) is 0 Å². The van der Waals surface area contributed by atoms with Crippen molar-refractivity contribution in [1.82, 2.24) is 20.9 Å². The first-order valence-corrected chi connectivity index (χ1v) is 6.42. The van der Waals surface area contributed by atoms with Crippen molar-refractivity contribution in [2.75, 3.05) is 13.3 Å². The Balaban J connectivity index is 1.76. The van der Waals surface area contributed by atoms with Gasteiger partial charge in [0.1, 0.15) is 30.8 Å². The first-order chi connectivity index (χ1) is 9.52. The summed E-state index contributed by atoms with van der Waals surface area (Å²) in [6, 6.07) is -0.573. The second kappa shape index (κ2) is 5.15. The van der Waals surface area contributed by atoms with E-state index in [1.54, 1.807) is 4.90 Å². The molecule has 0 spiro atoms. The van der Waals surface area contributed by atoms with Crippen LogP contribution in [-0.4, -0.2) is 77.4 Å². The quantitative estimate of drug-likeness (QED) is 0.303. The standard InChI is InChI=1S/C10H18FN5O4/c11-4-6(18)3(1-17)20-9(4)16-2-13-5-7(16)14-10(12)15-8(5)19/h3-7,9-10,13-14,17-18H,1-2,12H2,(H,15,19)/t3-,4+,5?,6-,7?,9?,10?/m1/s1. The summed E-state index contributed by atoms with van der Waals surface area (Å²) in [4.78, 5) is 13.3. The molecule has 3 aliphatic heterocycles. The SMILES string of the molecule is NC1NC(=O)C2NCN(C3O[C@H](CO)[C@@H](O)[C@@H]3F)C2N1. The van der Waals surface area contributed by atoms with Gasteiger partial charge in [-0.2, -0.15) is 0 Å². The molecule has 0 aromatic carbocycles. The number of aliphatic hydroxyl groups is 2. The Bertz CT molecular complexity index is 402. The minimum absolute atomic E-state index is 0.207. The van der Waals surface area contributed by atoms with Crippen LogP contribution in [0.15, 0.2) is 0 Å². The number of fused-ring (bicyclic) bond motifs is 1. The highest BCUT2D eigenvalue weighted by Crippen LogP contribution is 2.29. The molecule has 0 radical (unpaired) electrons. The van der Waals surface area contributed by atoms with Crippen molar-refractivity contribution in [1.29, 1.82) is 0 Å². The number of hydrogen-bond acceptors (Lipinski definition) is 8. The van der Waals surface area contributed by atoms with Gasteiger partial charge in [-0.15, -0.1) is 0 Å². The summed E-state index contributed by atoms with van der Waals surface area (Å²) in [7, 11) is 0. The van der Waals surface area contributed by atoms with Crippen LogP contribution < -0.4 is 21.7 Å². The predicted octanol–water partition coefficient (Wildman–Crippen LogP) is -4.08. The summed E-state index contributed by atoms with van der Waals surface area (Å²) in [5.41, 5.74) is 5.64. The lowest BCUT2D eigenvalue weighted by molar-refractivity contribution is -0.131. The van der Waals surface area contributed by atoms with Crippen LogP contribution in [0.3, 0.4) is 0 Å². The Kier molecular flexibility index (Phi) is 3.62. The number of carbonyl (C=O) groups is 1. The van der Waals surface area contributed by atoms with E-state index in [9.17, 15) is 14.3 Å². The van der Waals surface area contributed by atoms with E-state index in [0.717, 1.165) is 0 Å². The molecule has 0 aromatic rings. The number of alkyl halides is 1. The van der Waals surface area contributed by atoms with Crippen molar-refractivity contribution < 1.29 is 24.1 Å². The molecular formula is C10H18FN5O4. The predicted molar refractivity (Wildman–Crippen MR) is 63.3 cm³/mol. The van der Waals surface area contributed by atoms with Crippen LogP contribution in [0.4, 0.5) is 4.39 Å². The molecule has 4 unspecified atom stereocenters. The second-order valence-electron chi connectivity index (χ2n) is 5.13. The summed E-state index contributed by atoms with van der Waals surface area (Å²) >= 11 is 0. The van der Waals surface area contributed by atoms with Crippen LogP contribution in [0.2, 0.25) is 0 Å². The fraction of sp³-hybridized carbons (Fsp3) is 0.900. The fourth-order valence-corrected chi connectivity index (χ4v) is 2.87. The van der Waals surface area contributed by atoms with Gasteiger partial charge >= 0.3 is 0 Å². The number of ether oxygens (including phenoxy) is 1. The Morgan fingerprint density at radius 3 is 2.95 bits per heavy atom. The molecule has 0 saturated carbocycles. The fourth-order valence-electron chi connectivity index (χ4n) is 2.87. The number of amides is 1. The number of nitrogens with one attached hydrogen (secondary N) is 3. The van der Waals surface area contributed by atoms with Crippen molar-refractivity contribution >= 4 is 5.91 Å². The zero-order chi connectivity index (χ0) is 14.4. The van der Waals surface area contributed by atoms with Gasteiger partial charge in [-0.05, 0) is 0 Å². The van der Waals surface area contributed by atoms with Crippen molar-refractivity contribution in [2.24, 2.45) is 5.73 Å². The molecule has 3 heterocycles. The van der Waals surface area contributed by atoms with Crippen molar-refractivity contribution in [3.63, 3.8) is 0 Å². The van der Waals surface area contributed by atoms with Gasteiger partial charge in [0.05, 0.1) is 19.4 Å². The molecule has 1 amide bonds. The number of nitrogens with two attached hydrogens (primary N) is 1. The van der Waals surface area contributed by atoms with Crippen LogP contribution in [-0.2, 0) is 9.53 Å². The molecule has 3 saturated heterocycles. The van der Waals surface area contributed by atoms with E-state index in [1.165, 1.54) is 0 Å². The van der Waals surface area contributed by atoms with E-state index >= 15 is 0 Å².